The summed E-state index contributed by atoms with van der Waals surface area (Å²) in [5, 5.41) is 4.14. The number of hydrogen-bond acceptors (Lipinski definition) is 6. The second-order valence-electron chi connectivity index (χ2n) is 10.1. The Morgan fingerprint density at radius 2 is 1.94 bits per heavy atom. The number of Topliss-reactive ketones (excluding diaryl/α,β-unsaturated/α-hetero) is 2. The molecule has 6 nitrogen and oxygen atoms in total. The number of nitrogens with zero attached hydrogens (tertiary/aromatic N) is 2. The van der Waals surface area contributed by atoms with Gasteiger partial charge in [-0.2, -0.15) is 0 Å². The third-order valence-corrected chi connectivity index (χ3v) is 8.17. The van der Waals surface area contributed by atoms with E-state index in [1.54, 1.807) is 0 Å². The molecule has 0 saturated heterocycles. The Labute approximate surface area is 187 Å². The second kappa shape index (κ2) is 7.14. The zero-order valence-corrected chi connectivity index (χ0v) is 18.7. The number of allylic oxidation sites excluding steroid dienone is 2. The molecule has 2 fully saturated rings. The van der Waals surface area contributed by atoms with Gasteiger partial charge in [0.1, 0.15) is 18.0 Å². The smallest absolute Gasteiger partial charge is 0.265 e. The first kappa shape index (κ1) is 19.9. The molecule has 0 N–H and O–H groups in total. The van der Waals surface area contributed by atoms with Crippen molar-refractivity contribution >= 4 is 11.6 Å². The van der Waals surface area contributed by atoms with E-state index >= 15 is 0 Å². The first-order valence-electron chi connectivity index (χ1n) is 11.6. The zero-order chi connectivity index (χ0) is 22.1. The van der Waals surface area contributed by atoms with Gasteiger partial charge in [-0.1, -0.05) is 48.9 Å². The standard InChI is InChI=1S/C26H28N2O4/c1-13-17-11-18-15(19(17)18)9-10-16-20(23(13)29)24(30)21-25(22(16)28(2)3)32-27-26(21)31-12-14-7-5-4-6-8-14/h4-8,11,13,15-17,19-20,22H,9-10,12H2,1-3H3. The van der Waals surface area contributed by atoms with Crippen LogP contribution in [0.25, 0.3) is 0 Å². The summed E-state index contributed by atoms with van der Waals surface area (Å²) in [5.74, 6) is 1.20. The highest BCUT2D eigenvalue weighted by atomic mass is 16.5. The number of carbonyl (C=O) groups is 2. The molecule has 1 aromatic heterocycles. The predicted octanol–water partition coefficient (Wildman–Crippen LogP) is 4.09. The van der Waals surface area contributed by atoms with Crippen LogP contribution in [0.3, 0.4) is 0 Å². The Morgan fingerprint density at radius 1 is 1.16 bits per heavy atom. The molecule has 2 saturated carbocycles. The van der Waals surface area contributed by atoms with Gasteiger partial charge in [0.05, 0.1) is 12.0 Å². The molecule has 6 heteroatoms. The molecule has 0 aliphatic heterocycles. The average molecular weight is 433 g/mol. The quantitative estimate of drug-likeness (QED) is 0.535. The highest BCUT2D eigenvalue weighted by Crippen LogP contribution is 2.65. The van der Waals surface area contributed by atoms with Crippen LogP contribution < -0.4 is 4.74 Å². The van der Waals surface area contributed by atoms with Crippen LogP contribution in [0.1, 0.15) is 47.5 Å². The van der Waals surface area contributed by atoms with E-state index in [-0.39, 0.29) is 41.9 Å². The maximum absolute atomic E-state index is 13.8. The van der Waals surface area contributed by atoms with Crippen molar-refractivity contribution in [3.05, 3.63) is 58.9 Å². The van der Waals surface area contributed by atoms with Crippen molar-refractivity contribution in [2.45, 2.75) is 32.4 Å². The van der Waals surface area contributed by atoms with E-state index < -0.39 is 5.92 Å². The molecule has 32 heavy (non-hydrogen) atoms. The van der Waals surface area contributed by atoms with Gasteiger partial charge in [-0.05, 0) is 61.3 Å². The minimum atomic E-state index is -0.668. The minimum Gasteiger partial charge on any atom is -0.470 e. The van der Waals surface area contributed by atoms with Crippen LogP contribution in [0, 0.1) is 35.5 Å². The van der Waals surface area contributed by atoms with Crippen molar-refractivity contribution in [3.8, 4) is 5.88 Å². The van der Waals surface area contributed by atoms with Crippen LogP contribution >= 0.6 is 0 Å². The molecule has 2 aromatic rings. The summed E-state index contributed by atoms with van der Waals surface area (Å²) >= 11 is 0. The normalized spacial score (nSPS) is 34.9. The number of ether oxygens (including phenoxy) is 1. The number of aromatic nitrogens is 1. The minimum absolute atomic E-state index is 0.0700. The van der Waals surface area contributed by atoms with Crippen molar-refractivity contribution in [2.24, 2.45) is 35.5 Å². The van der Waals surface area contributed by atoms with Crippen molar-refractivity contribution in [3.63, 3.8) is 0 Å². The lowest BCUT2D eigenvalue weighted by Crippen LogP contribution is -2.46. The first-order chi connectivity index (χ1) is 15.5. The maximum Gasteiger partial charge on any atom is 0.265 e. The zero-order valence-electron chi connectivity index (χ0n) is 18.7. The van der Waals surface area contributed by atoms with E-state index in [0.29, 0.717) is 29.1 Å². The van der Waals surface area contributed by atoms with Crippen LogP contribution in [-0.4, -0.2) is 35.7 Å². The van der Waals surface area contributed by atoms with Crippen molar-refractivity contribution in [1.29, 1.82) is 0 Å². The number of carbonyl (C=O) groups excluding carboxylic acids is 2. The van der Waals surface area contributed by atoms with Gasteiger partial charge in [-0.3, -0.25) is 14.5 Å². The van der Waals surface area contributed by atoms with Gasteiger partial charge in [0.2, 0.25) is 0 Å². The van der Waals surface area contributed by atoms with E-state index in [1.165, 1.54) is 5.57 Å². The monoisotopic (exact) mass is 432 g/mol. The summed E-state index contributed by atoms with van der Waals surface area (Å²) in [6, 6.07) is 9.57. The van der Waals surface area contributed by atoms with Gasteiger partial charge in [0.15, 0.2) is 11.5 Å². The lowest BCUT2D eigenvalue weighted by molar-refractivity contribution is -0.128. The first-order valence-corrected chi connectivity index (χ1v) is 11.6. The fraction of sp³-hybridized carbons (Fsp3) is 0.500. The molecule has 7 atom stereocenters. The van der Waals surface area contributed by atoms with Gasteiger partial charge in [0.25, 0.3) is 5.88 Å². The SMILES string of the molecule is CC1C(=O)C2C(=O)c3c(OCc4ccccc4)noc3C(N(C)C)C2CCC2C3=CC1C32. The number of ketones is 2. The number of hydrogen-bond donors (Lipinski definition) is 0. The number of rotatable bonds is 4. The summed E-state index contributed by atoms with van der Waals surface area (Å²) in [4.78, 5) is 29.6. The van der Waals surface area contributed by atoms with E-state index in [9.17, 15) is 9.59 Å². The van der Waals surface area contributed by atoms with E-state index in [0.717, 1.165) is 18.4 Å². The predicted molar refractivity (Wildman–Crippen MR) is 117 cm³/mol. The fourth-order valence-electron chi connectivity index (χ4n) is 6.49. The van der Waals surface area contributed by atoms with Gasteiger partial charge in [-0.25, -0.2) is 0 Å². The Hall–Kier alpha value is -2.73. The number of benzene rings is 1. The summed E-state index contributed by atoms with van der Waals surface area (Å²) in [6.07, 6.45) is 4.16. The molecular formula is C26H28N2O4. The molecule has 166 valence electrons. The molecular weight excluding hydrogens is 404 g/mol. The molecule has 4 aliphatic carbocycles. The Morgan fingerprint density at radius 3 is 2.69 bits per heavy atom. The average Bonchev–Trinajstić information content (AvgIpc) is 3.10. The van der Waals surface area contributed by atoms with Crippen LogP contribution in [-0.2, 0) is 11.4 Å². The van der Waals surface area contributed by atoms with Gasteiger partial charge in [0, 0.05) is 5.92 Å². The van der Waals surface area contributed by atoms with Crippen LogP contribution in [0.4, 0.5) is 0 Å². The third kappa shape index (κ3) is 2.78. The van der Waals surface area contributed by atoms with Crippen molar-refractivity contribution in [2.75, 3.05) is 14.1 Å². The number of fused-ring (bicyclic) bond motifs is 3. The van der Waals surface area contributed by atoms with Gasteiger partial charge >= 0.3 is 0 Å². The molecule has 1 heterocycles. The summed E-state index contributed by atoms with van der Waals surface area (Å²) in [6.45, 7) is 2.29. The highest BCUT2D eigenvalue weighted by Gasteiger charge is 2.61. The molecule has 7 unspecified atom stereocenters. The van der Waals surface area contributed by atoms with E-state index in [2.05, 4.69) is 16.1 Å². The lowest BCUT2D eigenvalue weighted by atomic mass is 9.66. The van der Waals surface area contributed by atoms with E-state index in [4.69, 9.17) is 9.26 Å². The molecule has 0 radical (unpaired) electrons. The summed E-state index contributed by atoms with van der Waals surface area (Å²) in [5.41, 5.74) is 2.87. The lowest BCUT2D eigenvalue weighted by Gasteiger charge is -2.39. The van der Waals surface area contributed by atoms with Gasteiger partial charge in [-0.15, -0.1) is 0 Å². The summed E-state index contributed by atoms with van der Waals surface area (Å²) in [7, 11) is 3.96. The van der Waals surface area contributed by atoms with Gasteiger partial charge < -0.3 is 9.26 Å². The van der Waals surface area contributed by atoms with Crippen LogP contribution in [0.2, 0.25) is 0 Å². The van der Waals surface area contributed by atoms with Crippen LogP contribution in [0.15, 0.2) is 46.5 Å². The Balaban J connectivity index is 1.38. The molecule has 0 spiro atoms. The summed E-state index contributed by atoms with van der Waals surface area (Å²) < 4.78 is 11.7. The third-order valence-electron chi connectivity index (χ3n) is 8.17. The molecule has 1 aromatic carbocycles. The topological polar surface area (TPSA) is 72.6 Å². The molecule has 0 amide bonds. The van der Waals surface area contributed by atoms with Crippen molar-refractivity contribution in [1.82, 2.24) is 10.1 Å². The molecule has 0 bridgehead atoms. The van der Waals surface area contributed by atoms with Crippen LogP contribution in [0.5, 0.6) is 5.88 Å². The maximum atomic E-state index is 13.8. The van der Waals surface area contributed by atoms with E-state index in [1.807, 2.05) is 51.4 Å². The largest absolute Gasteiger partial charge is 0.470 e. The fourth-order valence-corrected chi connectivity index (χ4v) is 6.49. The Kier molecular flexibility index (Phi) is 4.44. The highest BCUT2D eigenvalue weighted by molar-refractivity contribution is 6.14. The van der Waals surface area contributed by atoms with Crippen molar-refractivity contribution < 1.29 is 18.8 Å². The molecule has 6 rings (SSSR count). The second-order valence-corrected chi connectivity index (χ2v) is 10.1. The Bertz CT molecular complexity index is 1120. The molecule has 4 aliphatic rings.